The van der Waals surface area contributed by atoms with E-state index in [4.69, 9.17) is 9.47 Å². The highest BCUT2D eigenvalue weighted by atomic mass is 16.6. The maximum atomic E-state index is 13.7. The molecule has 2 aromatic carbocycles. The van der Waals surface area contributed by atoms with Gasteiger partial charge >= 0.3 is 11.9 Å². The zero-order valence-corrected chi connectivity index (χ0v) is 19.2. The largest absolute Gasteiger partial charge is 0.463 e. The highest BCUT2D eigenvalue weighted by molar-refractivity contribution is 6.41. The molecule has 0 aliphatic heterocycles. The van der Waals surface area contributed by atoms with E-state index in [9.17, 15) is 14.4 Å². The molecule has 4 fully saturated rings. The van der Waals surface area contributed by atoms with Crippen molar-refractivity contribution in [3.05, 3.63) is 60.2 Å². The van der Waals surface area contributed by atoms with Gasteiger partial charge in [0.15, 0.2) is 5.41 Å². The molecule has 4 aliphatic carbocycles. The zero-order chi connectivity index (χ0) is 23.2. The number of ether oxygens (including phenoxy) is 2. The van der Waals surface area contributed by atoms with Gasteiger partial charge in [0.25, 0.3) is 5.78 Å². The lowest BCUT2D eigenvalue weighted by Crippen LogP contribution is -2.56. The van der Waals surface area contributed by atoms with Gasteiger partial charge in [-0.2, -0.15) is 0 Å². The number of carbonyl (C=O) groups excluding carboxylic acids is 3. The first-order valence-electron chi connectivity index (χ1n) is 11.8. The van der Waals surface area contributed by atoms with E-state index in [1.165, 1.54) is 26.2 Å². The third-order valence-corrected chi connectivity index (χ3v) is 8.09. The minimum absolute atomic E-state index is 0.437. The van der Waals surface area contributed by atoms with Gasteiger partial charge in [-0.05, 0) is 79.9 Å². The molecule has 0 spiro atoms. The second-order valence-electron chi connectivity index (χ2n) is 10.4. The van der Waals surface area contributed by atoms with Crippen molar-refractivity contribution >= 4 is 17.7 Å². The summed E-state index contributed by atoms with van der Waals surface area (Å²) < 4.78 is 11.0. The molecule has 33 heavy (non-hydrogen) atoms. The topological polar surface area (TPSA) is 69.7 Å². The molecular weight excluding hydrogens is 416 g/mol. The van der Waals surface area contributed by atoms with Crippen LogP contribution in [-0.4, -0.2) is 30.4 Å². The Labute approximate surface area is 194 Å². The van der Waals surface area contributed by atoms with Crippen molar-refractivity contribution in [2.24, 2.45) is 17.8 Å². The number of esters is 2. The molecule has 172 valence electrons. The van der Waals surface area contributed by atoms with Crippen LogP contribution in [0.1, 0.15) is 51.0 Å². The Morgan fingerprint density at radius 2 is 1.33 bits per heavy atom. The highest BCUT2D eigenvalue weighted by Gasteiger charge is 2.56. The molecule has 0 radical (unpaired) electrons. The molecule has 4 saturated carbocycles. The number of carbonyl (C=O) groups is 3. The Bertz CT molecular complexity index is 1040. The van der Waals surface area contributed by atoms with Crippen molar-refractivity contribution in [2.75, 3.05) is 7.11 Å². The van der Waals surface area contributed by atoms with Gasteiger partial charge in [-0.25, -0.2) is 4.79 Å². The van der Waals surface area contributed by atoms with Gasteiger partial charge in [0.05, 0.1) is 7.11 Å². The summed E-state index contributed by atoms with van der Waals surface area (Å²) in [6.45, 7) is 1.49. The quantitative estimate of drug-likeness (QED) is 0.360. The van der Waals surface area contributed by atoms with Gasteiger partial charge in [-0.3, -0.25) is 9.59 Å². The third-order valence-electron chi connectivity index (χ3n) is 8.09. The zero-order valence-electron chi connectivity index (χ0n) is 19.2. The van der Waals surface area contributed by atoms with Crippen molar-refractivity contribution in [2.45, 2.75) is 56.5 Å². The van der Waals surface area contributed by atoms with E-state index in [1.54, 1.807) is 12.1 Å². The van der Waals surface area contributed by atoms with Gasteiger partial charge in [0.2, 0.25) is 0 Å². The van der Waals surface area contributed by atoms with E-state index in [-0.39, 0.29) is 0 Å². The monoisotopic (exact) mass is 446 g/mol. The summed E-state index contributed by atoms with van der Waals surface area (Å²) in [6.07, 6.45) is 6.24. The SMILES string of the molecule is COC(=O)C(=O)[C@](C)(C(=O)OC12CC3CC(CC(C3)C1)C2)c1ccc(-c2ccccc2)cc1. The Kier molecular flexibility index (Phi) is 5.38. The molecule has 0 heterocycles. The maximum Gasteiger partial charge on any atom is 0.375 e. The van der Waals surface area contributed by atoms with E-state index < -0.39 is 28.7 Å². The van der Waals surface area contributed by atoms with Crippen LogP contribution in [0.5, 0.6) is 0 Å². The number of hydrogen-bond acceptors (Lipinski definition) is 5. The van der Waals surface area contributed by atoms with Crippen LogP contribution in [0.15, 0.2) is 54.6 Å². The maximum absolute atomic E-state index is 13.7. The fraction of sp³-hybridized carbons (Fsp3) is 0.464. The lowest BCUT2D eigenvalue weighted by atomic mass is 9.54. The molecule has 0 N–H and O–H groups in total. The first kappa shape index (κ1) is 21.9. The fourth-order valence-corrected chi connectivity index (χ4v) is 6.72. The van der Waals surface area contributed by atoms with Crippen LogP contribution in [0.2, 0.25) is 0 Å². The smallest absolute Gasteiger partial charge is 0.375 e. The Balaban J connectivity index is 1.47. The van der Waals surface area contributed by atoms with E-state index in [1.807, 2.05) is 42.5 Å². The van der Waals surface area contributed by atoms with Crippen molar-refractivity contribution in [3.63, 3.8) is 0 Å². The summed E-state index contributed by atoms with van der Waals surface area (Å²) in [5.41, 5.74) is 0.161. The first-order chi connectivity index (χ1) is 15.8. The normalized spacial score (nSPS) is 29.2. The van der Waals surface area contributed by atoms with Gasteiger partial charge < -0.3 is 9.47 Å². The standard InChI is InChI=1S/C28H30O5/c1-27(24(29)25(30)32-2,23-10-8-22(9-11-23)21-6-4-3-5-7-21)26(31)33-28-15-18-12-19(16-28)14-20(13-18)17-28/h3-11,18-20H,12-17H2,1-2H3/t18?,19?,20?,27-,28?/m1/s1. The average Bonchev–Trinajstić information content (AvgIpc) is 2.82. The van der Waals surface area contributed by atoms with Crippen LogP contribution in [0.25, 0.3) is 11.1 Å². The van der Waals surface area contributed by atoms with Crippen LogP contribution in [0.3, 0.4) is 0 Å². The third kappa shape index (κ3) is 3.77. The second kappa shape index (κ2) is 8.12. The predicted molar refractivity (Wildman–Crippen MR) is 123 cm³/mol. The fourth-order valence-electron chi connectivity index (χ4n) is 6.72. The molecular formula is C28H30O5. The van der Waals surface area contributed by atoms with Gasteiger partial charge in [0.1, 0.15) is 5.60 Å². The summed E-state index contributed by atoms with van der Waals surface area (Å²) in [7, 11) is 1.16. The molecule has 0 unspecified atom stereocenters. The summed E-state index contributed by atoms with van der Waals surface area (Å²) >= 11 is 0. The van der Waals surface area contributed by atoms with Crippen LogP contribution >= 0.6 is 0 Å². The number of Topliss-reactive ketones (excluding diaryl/α,β-unsaturated/α-hetero) is 1. The highest BCUT2D eigenvalue weighted by Crippen LogP contribution is 2.57. The van der Waals surface area contributed by atoms with Crippen LogP contribution in [0.4, 0.5) is 0 Å². The number of benzene rings is 2. The lowest BCUT2D eigenvalue weighted by Gasteiger charge is -2.56. The van der Waals surface area contributed by atoms with Crippen molar-refractivity contribution in [3.8, 4) is 11.1 Å². The molecule has 5 heteroatoms. The van der Waals surface area contributed by atoms with E-state index >= 15 is 0 Å². The van der Waals surface area contributed by atoms with Crippen LogP contribution in [-0.2, 0) is 29.3 Å². The van der Waals surface area contributed by atoms with E-state index in [0.717, 1.165) is 37.5 Å². The molecule has 4 bridgehead atoms. The molecule has 1 atom stereocenters. The molecule has 0 amide bonds. The molecule has 0 aromatic heterocycles. The van der Waals surface area contributed by atoms with Gasteiger partial charge in [0, 0.05) is 0 Å². The number of methoxy groups -OCH3 is 1. The summed E-state index contributed by atoms with van der Waals surface area (Å²) in [5.74, 6) is -0.795. The summed E-state index contributed by atoms with van der Waals surface area (Å²) in [6, 6.07) is 17.1. The number of ketones is 1. The number of rotatable bonds is 6. The van der Waals surface area contributed by atoms with Crippen molar-refractivity contribution in [1.82, 2.24) is 0 Å². The Morgan fingerprint density at radius 3 is 1.85 bits per heavy atom. The first-order valence-corrected chi connectivity index (χ1v) is 11.8. The second-order valence-corrected chi connectivity index (χ2v) is 10.4. The van der Waals surface area contributed by atoms with Crippen molar-refractivity contribution in [1.29, 1.82) is 0 Å². The molecule has 4 aliphatic rings. The van der Waals surface area contributed by atoms with Gasteiger partial charge in [-0.1, -0.05) is 54.6 Å². The summed E-state index contributed by atoms with van der Waals surface area (Å²) in [5, 5.41) is 0. The summed E-state index contributed by atoms with van der Waals surface area (Å²) in [4.78, 5) is 39.2. The minimum Gasteiger partial charge on any atom is -0.463 e. The van der Waals surface area contributed by atoms with Crippen LogP contribution in [0, 0.1) is 17.8 Å². The van der Waals surface area contributed by atoms with Crippen molar-refractivity contribution < 1.29 is 23.9 Å². The van der Waals surface area contributed by atoms with Crippen LogP contribution < -0.4 is 0 Å². The van der Waals surface area contributed by atoms with E-state index in [0.29, 0.717) is 23.3 Å². The number of hydrogen-bond donors (Lipinski definition) is 0. The predicted octanol–water partition coefficient (Wildman–Crippen LogP) is 4.87. The molecule has 6 rings (SSSR count). The lowest BCUT2D eigenvalue weighted by molar-refractivity contribution is -0.193. The van der Waals surface area contributed by atoms with Gasteiger partial charge in [-0.15, -0.1) is 0 Å². The average molecular weight is 447 g/mol. The van der Waals surface area contributed by atoms with E-state index in [2.05, 4.69) is 0 Å². The molecule has 5 nitrogen and oxygen atoms in total. The minimum atomic E-state index is -1.76. The Hall–Kier alpha value is -2.95. The molecule has 2 aromatic rings. The molecule has 0 saturated heterocycles. The Morgan fingerprint density at radius 1 is 0.818 bits per heavy atom.